The van der Waals surface area contributed by atoms with Gasteiger partial charge in [0.25, 0.3) is 5.91 Å². The molecule has 2 N–H and O–H groups in total. The van der Waals surface area contributed by atoms with E-state index < -0.39 is 11.9 Å². The number of piperidine rings is 1. The van der Waals surface area contributed by atoms with Crippen molar-refractivity contribution >= 4 is 29.3 Å². The number of hydrogen-bond donors (Lipinski definition) is 2. The van der Waals surface area contributed by atoms with Crippen LogP contribution < -0.4 is 10.6 Å². The van der Waals surface area contributed by atoms with Crippen molar-refractivity contribution in [2.45, 2.75) is 25.8 Å². The molecule has 1 aromatic heterocycles. The van der Waals surface area contributed by atoms with Gasteiger partial charge in [-0.15, -0.1) is 0 Å². The van der Waals surface area contributed by atoms with Crippen LogP contribution in [0.1, 0.15) is 28.9 Å². The standard InChI is InChI=1S/C18H16ClN3O3/c1-10-13(17(24)21-15-8-9-16(23)22-18(15)25)6-7-14(20-10)11-2-4-12(19)5-3-11/h2-7,15H,8-9H2,1H3,(H,21,24)(H,22,23,25). The predicted molar refractivity (Wildman–Crippen MR) is 93.1 cm³/mol. The van der Waals surface area contributed by atoms with Crippen molar-refractivity contribution in [3.63, 3.8) is 0 Å². The zero-order valence-corrected chi connectivity index (χ0v) is 14.3. The molecule has 128 valence electrons. The van der Waals surface area contributed by atoms with Crippen molar-refractivity contribution in [2.24, 2.45) is 0 Å². The molecule has 7 heteroatoms. The van der Waals surface area contributed by atoms with Crippen LogP contribution in [-0.4, -0.2) is 28.7 Å². The Bertz CT molecular complexity index is 849. The lowest BCUT2D eigenvalue weighted by Crippen LogP contribution is -2.52. The molecule has 1 aromatic carbocycles. The minimum absolute atomic E-state index is 0.212. The number of pyridine rings is 1. The third-order valence-electron chi connectivity index (χ3n) is 4.01. The zero-order chi connectivity index (χ0) is 18.0. The summed E-state index contributed by atoms with van der Waals surface area (Å²) in [6, 6.07) is 9.97. The van der Waals surface area contributed by atoms with Gasteiger partial charge >= 0.3 is 0 Å². The van der Waals surface area contributed by atoms with E-state index in [1.807, 2.05) is 12.1 Å². The molecule has 1 atom stereocenters. The molecule has 2 aromatic rings. The molecule has 1 aliphatic rings. The maximum absolute atomic E-state index is 12.4. The summed E-state index contributed by atoms with van der Waals surface area (Å²) in [6.07, 6.45) is 0.509. The van der Waals surface area contributed by atoms with Crippen molar-refractivity contribution < 1.29 is 14.4 Å². The average molecular weight is 358 g/mol. The van der Waals surface area contributed by atoms with Crippen LogP contribution in [0, 0.1) is 6.92 Å². The number of rotatable bonds is 3. The first kappa shape index (κ1) is 17.1. The molecule has 1 fully saturated rings. The molecule has 6 nitrogen and oxygen atoms in total. The van der Waals surface area contributed by atoms with Gasteiger partial charge in [0.15, 0.2) is 0 Å². The number of aryl methyl sites for hydroxylation is 1. The topological polar surface area (TPSA) is 88.2 Å². The number of carbonyl (C=O) groups excluding carboxylic acids is 3. The number of nitrogens with one attached hydrogen (secondary N) is 2. The lowest BCUT2D eigenvalue weighted by molar-refractivity contribution is -0.134. The van der Waals surface area contributed by atoms with Crippen LogP contribution in [0.25, 0.3) is 11.3 Å². The van der Waals surface area contributed by atoms with Gasteiger partial charge in [0.2, 0.25) is 11.8 Å². The van der Waals surface area contributed by atoms with Gasteiger partial charge in [-0.05, 0) is 37.6 Å². The van der Waals surface area contributed by atoms with E-state index in [1.54, 1.807) is 31.2 Å². The van der Waals surface area contributed by atoms with E-state index >= 15 is 0 Å². The Balaban J connectivity index is 1.76. The molecule has 0 spiro atoms. The Hall–Kier alpha value is -2.73. The number of hydrogen-bond acceptors (Lipinski definition) is 4. The smallest absolute Gasteiger partial charge is 0.253 e. The SMILES string of the molecule is Cc1nc(-c2ccc(Cl)cc2)ccc1C(=O)NC1CCC(=O)NC1=O. The van der Waals surface area contributed by atoms with Crippen molar-refractivity contribution in [3.8, 4) is 11.3 Å². The van der Waals surface area contributed by atoms with Crippen molar-refractivity contribution in [1.29, 1.82) is 0 Å². The molecule has 1 aliphatic heterocycles. The highest BCUT2D eigenvalue weighted by Gasteiger charge is 2.28. The minimum atomic E-state index is -0.708. The Morgan fingerprint density at radius 2 is 1.92 bits per heavy atom. The summed E-state index contributed by atoms with van der Waals surface area (Å²) >= 11 is 5.88. The maximum Gasteiger partial charge on any atom is 0.253 e. The molecule has 1 unspecified atom stereocenters. The van der Waals surface area contributed by atoms with Crippen LogP contribution in [0.5, 0.6) is 0 Å². The molecule has 2 heterocycles. The molecule has 0 aliphatic carbocycles. The van der Waals surface area contributed by atoms with Gasteiger partial charge in [0, 0.05) is 17.0 Å². The van der Waals surface area contributed by atoms with Gasteiger partial charge < -0.3 is 5.32 Å². The van der Waals surface area contributed by atoms with E-state index in [4.69, 9.17) is 11.6 Å². The summed E-state index contributed by atoms with van der Waals surface area (Å²) in [5.74, 6) is -1.18. The van der Waals surface area contributed by atoms with Gasteiger partial charge in [-0.3, -0.25) is 24.7 Å². The zero-order valence-electron chi connectivity index (χ0n) is 13.5. The van der Waals surface area contributed by atoms with E-state index in [2.05, 4.69) is 15.6 Å². The van der Waals surface area contributed by atoms with Crippen LogP contribution in [0.15, 0.2) is 36.4 Å². The Morgan fingerprint density at radius 3 is 2.56 bits per heavy atom. The second-order valence-electron chi connectivity index (χ2n) is 5.81. The lowest BCUT2D eigenvalue weighted by atomic mass is 10.0. The van der Waals surface area contributed by atoms with Crippen LogP contribution in [0.3, 0.4) is 0 Å². The highest BCUT2D eigenvalue weighted by atomic mass is 35.5. The van der Waals surface area contributed by atoms with E-state index in [0.717, 1.165) is 11.3 Å². The molecule has 0 bridgehead atoms. The Morgan fingerprint density at radius 1 is 1.20 bits per heavy atom. The van der Waals surface area contributed by atoms with Gasteiger partial charge in [-0.1, -0.05) is 23.7 Å². The summed E-state index contributed by atoms with van der Waals surface area (Å²) in [5.41, 5.74) is 2.57. The van der Waals surface area contributed by atoms with Crippen LogP contribution in [0.4, 0.5) is 0 Å². The molecule has 25 heavy (non-hydrogen) atoms. The van der Waals surface area contributed by atoms with Gasteiger partial charge in [0.05, 0.1) is 17.0 Å². The van der Waals surface area contributed by atoms with Crippen LogP contribution in [-0.2, 0) is 9.59 Å². The fourth-order valence-electron chi connectivity index (χ4n) is 2.65. The number of benzene rings is 1. The quantitative estimate of drug-likeness (QED) is 0.825. The summed E-state index contributed by atoms with van der Waals surface area (Å²) in [6.45, 7) is 1.73. The predicted octanol–water partition coefficient (Wildman–Crippen LogP) is 2.25. The number of aromatic nitrogens is 1. The van der Waals surface area contributed by atoms with Gasteiger partial charge in [0.1, 0.15) is 6.04 Å². The molecule has 3 rings (SSSR count). The van der Waals surface area contributed by atoms with Crippen LogP contribution in [0.2, 0.25) is 5.02 Å². The second-order valence-corrected chi connectivity index (χ2v) is 6.25. The Kier molecular flexibility index (Phi) is 4.81. The van der Waals surface area contributed by atoms with Crippen LogP contribution >= 0.6 is 11.6 Å². The molecule has 1 saturated heterocycles. The fraction of sp³-hybridized carbons (Fsp3) is 0.222. The van der Waals surface area contributed by atoms with E-state index in [0.29, 0.717) is 22.7 Å². The van der Waals surface area contributed by atoms with E-state index in [1.165, 1.54) is 0 Å². The molecule has 0 saturated carbocycles. The summed E-state index contributed by atoms with van der Waals surface area (Å²) in [7, 11) is 0. The Labute approximate surface area is 149 Å². The first-order chi connectivity index (χ1) is 11.9. The van der Waals surface area contributed by atoms with Crippen molar-refractivity contribution in [1.82, 2.24) is 15.6 Å². The average Bonchev–Trinajstić information content (AvgIpc) is 2.58. The number of amides is 3. The minimum Gasteiger partial charge on any atom is -0.340 e. The summed E-state index contributed by atoms with van der Waals surface area (Å²) < 4.78 is 0. The fourth-order valence-corrected chi connectivity index (χ4v) is 2.78. The highest BCUT2D eigenvalue weighted by molar-refractivity contribution is 6.30. The number of imide groups is 1. The lowest BCUT2D eigenvalue weighted by Gasteiger charge is -2.22. The molecule has 0 radical (unpaired) electrons. The monoisotopic (exact) mass is 357 g/mol. The van der Waals surface area contributed by atoms with Gasteiger partial charge in [-0.25, -0.2) is 0 Å². The molecular weight excluding hydrogens is 342 g/mol. The third-order valence-corrected chi connectivity index (χ3v) is 4.27. The largest absolute Gasteiger partial charge is 0.340 e. The first-order valence-corrected chi connectivity index (χ1v) is 8.20. The van der Waals surface area contributed by atoms with Crippen molar-refractivity contribution in [2.75, 3.05) is 0 Å². The molecular formula is C18H16ClN3O3. The van der Waals surface area contributed by atoms with E-state index in [-0.39, 0.29) is 18.2 Å². The third kappa shape index (κ3) is 3.85. The summed E-state index contributed by atoms with van der Waals surface area (Å²) in [4.78, 5) is 39.8. The summed E-state index contributed by atoms with van der Waals surface area (Å²) in [5, 5.41) is 5.51. The highest BCUT2D eigenvalue weighted by Crippen LogP contribution is 2.21. The number of halogens is 1. The number of nitrogens with zero attached hydrogens (tertiary/aromatic N) is 1. The normalized spacial score (nSPS) is 17.1. The molecule has 3 amide bonds. The number of carbonyl (C=O) groups is 3. The van der Waals surface area contributed by atoms with E-state index in [9.17, 15) is 14.4 Å². The van der Waals surface area contributed by atoms with Crippen molar-refractivity contribution in [3.05, 3.63) is 52.7 Å². The second kappa shape index (κ2) is 7.03. The van der Waals surface area contributed by atoms with Gasteiger partial charge in [-0.2, -0.15) is 0 Å². The first-order valence-electron chi connectivity index (χ1n) is 7.82. The maximum atomic E-state index is 12.4.